The van der Waals surface area contributed by atoms with Crippen LogP contribution in [0.5, 0.6) is 0 Å². The van der Waals surface area contributed by atoms with Crippen molar-refractivity contribution in [2.24, 2.45) is 0 Å². The topological polar surface area (TPSA) is 77.8 Å². The largest absolute Gasteiger partial charge is 0.455 e. The first-order chi connectivity index (χ1) is 22.8. The Labute approximate surface area is 263 Å². The van der Waals surface area contributed by atoms with Gasteiger partial charge in [-0.1, -0.05) is 115 Å². The third kappa shape index (κ3) is 4.43. The molecule has 216 valence electrons. The molecule has 0 aliphatic carbocycles. The molecule has 0 amide bonds. The van der Waals surface area contributed by atoms with Crippen molar-refractivity contribution in [3.8, 4) is 56.7 Å². The van der Waals surface area contributed by atoms with E-state index in [1.807, 2.05) is 115 Å². The van der Waals surface area contributed by atoms with Crippen LogP contribution in [0.3, 0.4) is 0 Å². The van der Waals surface area contributed by atoms with Gasteiger partial charge in [0.15, 0.2) is 23.1 Å². The van der Waals surface area contributed by atoms with Gasteiger partial charge in [0.2, 0.25) is 5.89 Å². The van der Waals surface area contributed by atoms with E-state index in [1.54, 1.807) is 0 Å². The molecule has 0 atom stereocenters. The van der Waals surface area contributed by atoms with E-state index in [1.165, 1.54) is 0 Å². The fourth-order valence-electron chi connectivity index (χ4n) is 5.99. The fourth-order valence-corrected chi connectivity index (χ4v) is 5.99. The summed E-state index contributed by atoms with van der Waals surface area (Å²) >= 11 is 0. The van der Waals surface area contributed by atoms with Crippen LogP contribution in [0.25, 0.3) is 89.8 Å². The molecular weight excluding hydrogens is 568 g/mol. The van der Waals surface area contributed by atoms with Crippen LogP contribution in [0, 0.1) is 0 Å². The van der Waals surface area contributed by atoms with Crippen molar-refractivity contribution < 1.29 is 8.83 Å². The molecule has 0 saturated heterocycles. The summed E-state index contributed by atoms with van der Waals surface area (Å²) in [7, 11) is 0. The molecule has 0 aliphatic heterocycles. The van der Waals surface area contributed by atoms with Crippen molar-refractivity contribution in [3.05, 3.63) is 146 Å². The van der Waals surface area contributed by atoms with E-state index in [2.05, 4.69) is 30.3 Å². The van der Waals surface area contributed by atoms with Gasteiger partial charge in [-0.3, -0.25) is 0 Å². The second-order valence-corrected chi connectivity index (χ2v) is 11.1. The zero-order chi connectivity index (χ0) is 30.5. The fraction of sp³-hybridized carbons (Fsp3) is 0. The highest BCUT2D eigenvalue weighted by Gasteiger charge is 2.20. The van der Waals surface area contributed by atoms with Crippen LogP contribution >= 0.6 is 0 Å². The monoisotopic (exact) mass is 592 g/mol. The average molecular weight is 593 g/mol. The number of oxazole rings is 1. The predicted octanol–water partition coefficient (Wildman–Crippen LogP) is 10.2. The van der Waals surface area contributed by atoms with Gasteiger partial charge in [-0.05, 0) is 35.9 Å². The number of benzene rings is 6. The van der Waals surface area contributed by atoms with Gasteiger partial charge in [0, 0.05) is 38.6 Å². The summed E-state index contributed by atoms with van der Waals surface area (Å²) in [6, 6.07) is 48.3. The standard InChI is InChI=1S/C40H24N4O2/c1-4-12-25(13-5-1)37-42-38(26-14-6-2-7-15-26)44-39(43-37)31-20-11-21-33-35(31)30-19-10-18-29(36(30)45-33)28-22-23-32-34(24-28)46-40(41-32)27-16-8-3-9-17-27/h1-24H. The number of aromatic nitrogens is 4. The molecule has 3 aromatic heterocycles. The van der Waals surface area contributed by atoms with Crippen LogP contribution in [0.1, 0.15) is 0 Å². The van der Waals surface area contributed by atoms with Gasteiger partial charge in [0.1, 0.15) is 16.7 Å². The molecular formula is C40H24N4O2. The Hall–Kier alpha value is -6.40. The van der Waals surface area contributed by atoms with Gasteiger partial charge in [0.05, 0.1) is 0 Å². The Morgan fingerprint density at radius 1 is 0.391 bits per heavy atom. The first kappa shape index (κ1) is 26.0. The second kappa shape index (κ2) is 10.6. The average Bonchev–Trinajstić information content (AvgIpc) is 3.74. The molecule has 0 unspecified atom stereocenters. The second-order valence-electron chi connectivity index (χ2n) is 11.1. The molecule has 0 fully saturated rings. The number of hydrogen-bond donors (Lipinski definition) is 0. The molecule has 3 heterocycles. The highest BCUT2D eigenvalue weighted by molar-refractivity contribution is 6.15. The third-order valence-corrected chi connectivity index (χ3v) is 8.18. The van der Waals surface area contributed by atoms with Crippen molar-refractivity contribution in [3.63, 3.8) is 0 Å². The molecule has 0 radical (unpaired) electrons. The minimum absolute atomic E-state index is 0.586. The smallest absolute Gasteiger partial charge is 0.227 e. The van der Waals surface area contributed by atoms with Gasteiger partial charge in [-0.2, -0.15) is 0 Å². The molecule has 0 spiro atoms. The Morgan fingerprint density at radius 3 is 1.70 bits per heavy atom. The van der Waals surface area contributed by atoms with Crippen LogP contribution < -0.4 is 0 Å². The molecule has 0 aliphatic rings. The highest BCUT2D eigenvalue weighted by Crippen LogP contribution is 2.41. The maximum Gasteiger partial charge on any atom is 0.227 e. The zero-order valence-corrected chi connectivity index (χ0v) is 24.5. The van der Waals surface area contributed by atoms with E-state index in [0.717, 1.165) is 66.4 Å². The van der Waals surface area contributed by atoms with Gasteiger partial charge in [-0.15, -0.1) is 0 Å². The normalized spacial score (nSPS) is 11.5. The lowest BCUT2D eigenvalue weighted by Crippen LogP contribution is -2.00. The molecule has 9 rings (SSSR count). The summed E-state index contributed by atoms with van der Waals surface area (Å²) < 4.78 is 12.8. The zero-order valence-electron chi connectivity index (χ0n) is 24.5. The van der Waals surface area contributed by atoms with Crippen LogP contribution in [-0.2, 0) is 0 Å². The summed E-state index contributed by atoms with van der Waals surface area (Å²) in [6.45, 7) is 0. The van der Waals surface area contributed by atoms with Gasteiger partial charge in [-0.25, -0.2) is 19.9 Å². The van der Waals surface area contributed by atoms with Gasteiger partial charge in [0.25, 0.3) is 0 Å². The van der Waals surface area contributed by atoms with Crippen molar-refractivity contribution in [1.82, 2.24) is 19.9 Å². The van der Waals surface area contributed by atoms with E-state index in [-0.39, 0.29) is 0 Å². The van der Waals surface area contributed by atoms with E-state index in [0.29, 0.717) is 23.4 Å². The quantitative estimate of drug-likeness (QED) is 0.198. The summed E-state index contributed by atoms with van der Waals surface area (Å²) in [5.41, 5.74) is 8.68. The Bertz CT molecular complexity index is 2460. The van der Waals surface area contributed by atoms with Crippen molar-refractivity contribution in [1.29, 1.82) is 0 Å². The van der Waals surface area contributed by atoms with Gasteiger partial charge < -0.3 is 8.83 Å². The predicted molar refractivity (Wildman–Crippen MR) is 182 cm³/mol. The number of furan rings is 1. The summed E-state index contributed by atoms with van der Waals surface area (Å²) in [5, 5.41) is 1.93. The van der Waals surface area contributed by atoms with Crippen LogP contribution in [0.15, 0.2) is 154 Å². The lowest BCUT2D eigenvalue weighted by Gasteiger charge is -2.09. The van der Waals surface area contributed by atoms with E-state index in [9.17, 15) is 0 Å². The SMILES string of the molecule is c1ccc(-c2nc(-c3ccccc3)nc(-c3cccc4oc5c(-c6ccc7nc(-c8ccccc8)oc7c6)cccc5c34)n2)cc1. The number of para-hydroxylation sites is 1. The third-order valence-electron chi connectivity index (χ3n) is 8.18. The number of nitrogens with zero attached hydrogens (tertiary/aromatic N) is 4. The number of hydrogen-bond acceptors (Lipinski definition) is 6. The molecule has 0 N–H and O–H groups in total. The Morgan fingerprint density at radius 2 is 1.00 bits per heavy atom. The van der Waals surface area contributed by atoms with E-state index >= 15 is 0 Å². The lowest BCUT2D eigenvalue weighted by molar-refractivity contribution is 0.620. The van der Waals surface area contributed by atoms with Crippen molar-refractivity contribution in [2.75, 3.05) is 0 Å². The first-order valence-corrected chi connectivity index (χ1v) is 15.1. The summed E-state index contributed by atoms with van der Waals surface area (Å²) in [6.07, 6.45) is 0. The van der Waals surface area contributed by atoms with E-state index < -0.39 is 0 Å². The van der Waals surface area contributed by atoms with Crippen molar-refractivity contribution in [2.45, 2.75) is 0 Å². The number of rotatable bonds is 5. The minimum atomic E-state index is 0.586. The molecule has 6 heteroatoms. The van der Waals surface area contributed by atoms with Crippen LogP contribution in [0.4, 0.5) is 0 Å². The Balaban J connectivity index is 1.22. The number of fused-ring (bicyclic) bond motifs is 4. The van der Waals surface area contributed by atoms with Crippen LogP contribution in [0.2, 0.25) is 0 Å². The summed E-state index contributed by atoms with van der Waals surface area (Å²) in [4.78, 5) is 19.6. The molecule has 6 nitrogen and oxygen atoms in total. The lowest BCUT2D eigenvalue weighted by atomic mass is 10.00. The highest BCUT2D eigenvalue weighted by atomic mass is 16.3. The first-order valence-electron chi connectivity index (χ1n) is 15.1. The van der Waals surface area contributed by atoms with Gasteiger partial charge >= 0.3 is 0 Å². The maximum atomic E-state index is 6.60. The molecule has 9 aromatic rings. The van der Waals surface area contributed by atoms with E-state index in [4.69, 9.17) is 28.8 Å². The molecule has 6 aromatic carbocycles. The van der Waals surface area contributed by atoms with Crippen LogP contribution in [-0.4, -0.2) is 19.9 Å². The Kier molecular flexibility index (Phi) is 6.03. The van der Waals surface area contributed by atoms with Crippen molar-refractivity contribution >= 4 is 33.0 Å². The summed E-state index contributed by atoms with van der Waals surface area (Å²) in [5.74, 6) is 2.42. The molecule has 46 heavy (non-hydrogen) atoms. The minimum Gasteiger partial charge on any atom is -0.455 e. The molecule has 0 saturated carbocycles. The molecule has 0 bridgehead atoms. The maximum absolute atomic E-state index is 6.60.